The van der Waals surface area contributed by atoms with Crippen LogP contribution in [-0.4, -0.2) is 29.3 Å². The molecule has 0 saturated carbocycles. The number of phenolic OH excluding ortho intramolecular Hbond substituents is 1. The van der Waals surface area contributed by atoms with Crippen molar-refractivity contribution in [3.05, 3.63) is 28.3 Å². The summed E-state index contributed by atoms with van der Waals surface area (Å²) in [6.07, 6.45) is -5.76. The summed E-state index contributed by atoms with van der Waals surface area (Å²) in [7, 11) is 1.04. The number of carboxylic acids is 1. The van der Waals surface area contributed by atoms with Crippen LogP contribution in [0.2, 0.25) is 5.02 Å². The van der Waals surface area contributed by atoms with E-state index in [0.29, 0.717) is 6.07 Å². The van der Waals surface area contributed by atoms with Gasteiger partial charge in [-0.05, 0) is 24.1 Å². The van der Waals surface area contributed by atoms with E-state index in [1.165, 1.54) is 0 Å². The maximum atomic E-state index is 12.8. The second-order valence-corrected chi connectivity index (χ2v) is 4.90. The fourth-order valence-corrected chi connectivity index (χ4v) is 2.13. The van der Waals surface area contributed by atoms with Crippen LogP contribution >= 0.6 is 11.6 Å². The fourth-order valence-electron chi connectivity index (χ4n) is 1.89. The van der Waals surface area contributed by atoms with Gasteiger partial charge < -0.3 is 14.9 Å². The number of hydrogen-bond donors (Lipinski definition) is 2. The van der Waals surface area contributed by atoms with Gasteiger partial charge in [-0.3, -0.25) is 9.59 Å². The van der Waals surface area contributed by atoms with Crippen molar-refractivity contribution in [1.29, 1.82) is 0 Å². The van der Waals surface area contributed by atoms with Gasteiger partial charge in [0.05, 0.1) is 30.0 Å². The Morgan fingerprint density at radius 1 is 1.36 bits per heavy atom. The Morgan fingerprint density at radius 3 is 2.41 bits per heavy atom. The highest BCUT2D eigenvalue weighted by atomic mass is 35.5. The van der Waals surface area contributed by atoms with Gasteiger partial charge in [0, 0.05) is 0 Å². The highest BCUT2D eigenvalue weighted by Gasteiger charge is 2.35. The Balaban J connectivity index is 3.17. The van der Waals surface area contributed by atoms with Crippen LogP contribution in [-0.2, 0) is 26.9 Å². The van der Waals surface area contributed by atoms with Gasteiger partial charge in [0.15, 0.2) is 0 Å². The summed E-state index contributed by atoms with van der Waals surface area (Å²) in [5.41, 5.74) is -1.39. The molecule has 0 bridgehead atoms. The van der Waals surface area contributed by atoms with Crippen LogP contribution in [0.1, 0.15) is 17.5 Å². The number of benzene rings is 1. The summed E-state index contributed by atoms with van der Waals surface area (Å²) in [5.74, 6) is -4.44. The van der Waals surface area contributed by atoms with Crippen molar-refractivity contribution in [3.63, 3.8) is 0 Å². The van der Waals surface area contributed by atoms with Gasteiger partial charge in [-0.2, -0.15) is 13.2 Å². The molecule has 1 unspecified atom stereocenters. The quantitative estimate of drug-likeness (QED) is 0.805. The molecule has 22 heavy (non-hydrogen) atoms. The minimum Gasteiger partial charge on any atom is -0.506 e. The smallest absolute Gasteiger partial charge is 0.420 e. The SMILES string of the molecule is COC(=O)C(CC(=O)O)Cc1cc(Cl)c(O)c(C(F)(F)F)c1. The van der Waals surface area contributed by atoms with E-state index in [1.807, 2.05) is 0 Å². The van der Waals surface area contributed by atoms with Crippen molar-refractivity contribution in [3.8, 4) is 5.75 Å². The second kappa shape index (κ2) is 6.87. The number of alkyl halides is 3. The summed E-state index contributed by atoms with van der Waals surface area (Å²) in [6.45, 7) is 0. The maximum absolute atomic E-state index is 12.8. The van der Waals surface area contributed by atoms with Crippen molar-refractivity contribution in [1.82, 2.24) is 0 Å². The monoisotopic (exact) mass is 340 g/mol. The van der Waals surface area contributed by atoms with Crippen LogP contribution in [0.4, 0.5) is 13.2 Å². The predicted molar refractivity (Wildman–Crippen MR) is 69.6 cm³/mol. The molecule has 1 atom stereocenters. The first-order valence-electron chi connectivity index (χ1n) is 5.94. The molecule has 5 nitrogen and oxygen atoms in total. The third-order valence-corrected chi connectivity index (χ3v) is 3.15. The number of methoxy groups -OCH3 is 1. The molecule has 1 aromatic carbocycles. The molecule has 2 N–H and O–H groups in total. The van der Waals surface area contributed by atoms with E-state index in [9.17, 15) is 27.9 Å². The minimum atomic E-state index is -4.84. The van der Waals surface area contributed by atoms with Gasteiger partial charge in [0.1, 0.15) is 5.75 Å². The molecule has 0 saturated heterocycles. The molecule has 122 valence electrons. The van der Waals surface area contributed by atoms with Gasteiger partial charge in [-0.15, -0.1) is 0 Å². The Labute approximate surface area is 128 Å². The van der Waals surface area contributed by atoms with E-state index in [2.05, 4.69) is 4.74 Å². The lowest BCUT2D eigenvalue weighted by Gasteiger charge is -2.16. The van der Waals surface area contributed by atoms with Crippen LogP contribution < -0.4 is 0 Å². The minimum absolute atomic E-state index is 0.0354. The molecule has 1 rings (SSSR count). The summed E-state index contributed by atoms with van der Waals surface area (Å²) >= 11 is 5.55. The summed E-state index contributed by atoms with van der Waals surface area (Å²) in [5, 5.41) is 17.6. The Hall–Kier alpha value is -1.96. The highest BCUT2D eigenvalue weighted by Crippen LogP contribution is 2.40. The van der Waals surface area contributed by atoms with Crippen LogP contribution in [0.25, 0.3) is 0 Å². The summed E-state index contributed by atoms with van der Waals surface area (Å²) < 4.78 is 42.8. The zero-order valence-corrected chi connectivity index (χ0v) is 12.0. The Kier molecular flexibility index (Phi) is 5.65. The molecule has 0 aliphatic heterocycles. The van der Waals surface area contributed by atoms with Crippen molar-refractivity contribution >= 4 is 23.5 Å². The number of aliphatic carboxylic acids is 1. The van der Waals surface area contributed by atoms with E-state index >= 15 is 0 Å². The molecule has 0 spiro atoms. The lowest BCUT2D eigenvalue weighted by atomic mass is 9.95. The molecular formula is C13H12ClF3O5. The first-order chi connectivity index (χ1) is 10.1. The molecule has 0 aliphatic carbocycles. The number of esters is 1. The number of hydrogen-bond acceptors (Lipinski definition) is 4. The Bertz CT molecular complexity index is 586. The second-order valence-electron chi connectivity index (χ2n) is 4.49. The van der Waals surface area contributed by atoms with E-state index in [0.717, 1.165) is 13.2 Å². The van der Waals surface area contributed by atoms with E-state index in [1.54, 1.807) is 0 Å². The average molecular weight is 341 g/mol. The van der Waals surface area contributed by atoms with Crippen molar-refractivity contribution in [2.24, 2.45) is 5.92 Å². The molecule has 0 aliphatic rings. The zero-order valence-electron chi connectivity index (χ0n) is 11.3. The van der Waals surface area contributed by atoms with Crippen molar-refractivity contribution in [2.75, 3.05) is 7.11 Å². The topological polar surface area (TPSA) is 83.8 Å². The molecule has 1 aromatic rings. The van der Waals surface area contributed by atoms with E-state index in [-0.39, 0.29) is 12.0 Å². The van der Waals surface area contributed by atoms with Gasteiger partial charge in [0.25, 0.3) is 0 Å². The highest BCUT2D eigenvalue weighted by molar-refractivity contribution is 6.32. The van der Waals surface area contributed by atoms with Crippen LogP contribution in [0, 0.1) is 5.92 Å². The summed E-state index contributed by atoms with van der Waals surface area (Å²) in [4.78, 5) is 22.2. The van der Waals surface area contributed by atoms with Crippen LogP contribution in [0.15, 0.2) is 12.1 Å². The molecule has 0 amide bonds. The standard InChI is InChI=1S/C13H12ClF3O5/c1-22-12(21)7(5-10(18)19)2-6-3-8(13(15,16)17)11(20)9(14)4-6/h3-4,7,20H,2,5H2,1H3,(H,18,19). The molecule has 0 aromatic heterocycles. The van der Waals surface area contributed by atoms with Gasteiger partial charge >= 0.3 is 18.1 Å². The molecule has 9 heteroatoms. The largest absolute Gasteiger partial charge is 0.506 e. The van der Waals surface area contributed by atoms with Gasteiger partial charge in [0.2, 0.25) is 0 Å². The fraction of sp³-hybridized carbons (Fsp3) is 0.385. The average Bonchev–Trinajstić information content (AvgIpc) is 2.39. The van der Waals surface area contributed by atoms with Crippen LogP contribution in [0.5, 0.6) is 5.75 Å². The van der Waals surface area contributed by atoms with Gasteiger partial charge in [-0.25, -0.2) is 0 Å². The number of carbonyl (C=O) groups is 2. The molecular weight excluding hydrogens is 329 g/mol. The maximum Gasteiger partial charge on any atom is 0.420 e. The number of carboxylic acid groups (broad SMARTS) is 1. The number of carbonyl (C=O) groups excluding carboxylic acids is 1. The number of phenols is 1. The predicted octanol–water partition coefficient (Wildman–Crippen LogP) is 2.87. The van der Waals surface area contributed by atoms with E-state index in [4.69, 9.17) is 16.7 Å². The van der Waals surface area contributed by atoms with Gasteiger partial charge in [-0.1, -0.05) is 11.6 Å². The first kappa shape index (κ1) is 18.1. The summed E-state index contributed by atoms with van der Waals surface area (Å²) in [6, 6.07) is 1.67. The number of rotatable bonds is 5. The Morgan fingerprint density at radius 2 is 1.95 bits per heavy atom. The van der Waals surface area contributed by atoms with Crippen LogP contribution in [0.3, 0.4) is 0 Å². The molecule has 0 fully saturated rings. The third-order valence-electron chi connectivity index (χ3n) is 2.87. The first-order valence-corrected chi connectivity index (χ1v) is 6.32. The van der Waals surface area contributed by atoms with Crippen molar-refractivity contribution in [2.45, 2.75) is 19.0 Å². The van der Waals surface area contributed by atoms with Crippen molar-refractivity contribution < 1.29 is 37.7 Å². The lowest BCUT2D eigenvalue weighted by molar-refractivity contribution is -0.150. The molecule has 0 radical (unpaired) electrons. The normalized spacial score (nSPS) is 12.8. The number of halogens is 4. The lowest BCUT2D eigenvalue weighted by Crippen LogP contribution is -2.22. The number of ether oxygens (including phenoxy) is 1. The number of aromatic hydroxyl groups is 1. The zero-order chi connectivity index (χ0) is 17.1. The third kappa shape index (κ3) is 4.52. The van der Waals surface area contributed by atoms with E-state index < -0.39 is 46.8 Å². The molecule has 0 heterocycles.